The molecular weight excluding hydrogens is 234 g/mol. The van der Waals surface area contributed by atoms with E-state index in [4.69, 9.17) is 5.10 Å². The smallest absolute Gasteiger partial charge is 0.234 e. The Morgan fingerprint density at radius 1 is 1.18 bits per heavy atom. The molecule has 2 aliphatic rings. The summed E-state index contributed by atoms with van der Waals surface area (Å²) in [5.41, 5.74) is 0. The Balaban J connectivity index is 1.73. The highest BCUT2D eigenvalue weighted by Crippen LogP contribution is 2.36. The van der Waals surface area contributed by atoms with Gasteiger partial charge in [0.1, 0.15) is 5.01 Å². The average Bonchev–Trinajstić information content (AvgIpc) is 2.89. The Kier molecular flexibility index (Phi) is 2.19. The van der Waals surface area contributed by atoms with E-state index in [0.717, 1.165) is 17.3 Å². The van der Waals surface area contributed by atoms with E-state index in [1.165, 1.54) is 37.1 Å². The van der Waals surface area contributed by atoms with E-state index in [-0.39, 0.29) is 0 Å². The van der Waals surface area contributed by atoms with Gasteiger partial charge in [-0.1, -0.05) is 17.8 Å². The van der Waals surface area contributed by atoms with Crippen molar-refractivity contribution < 1.29 is 0 Å². The van der Waals surface area contributed by atoms with Crippen molar-refractivity contribution in [1.82, 2.24) is 25.1 Å². The molecule has 1 aliphatic carbocycles. The van der Waals surface area contributed by atoms with Crippen LogP contribution in [0.5, 0.6) is 0 Å². The van der Waals surface area contributed by atoms with Crippen molar-refractivity contribution in [3.05, 3.63) is 10.8 Å². The summed E-state index contributed by atoms with van der Waals surface area (Å²) >= 11 is 1.68. The van der Waals surface area contributed by atoms with Gasteiger partial charge < -0.3 is 5.32 Å². The maximum Gasteiger partial charge on any atom is 0.234 e. The number of hydrogen-bond donors (Lipinski definition) is 1. The van der Waals surface area contributed by atoms with Crippen LogP contribution in [0.4, 0.5) is 0 Å². The number of aromatic nitrogens is 4. The molecule has 6 heteroatoms. The molecule has 2 aromatic rings. The lowest BCUT2D eigenvalue weighted by Crippen LogP contribution is -2.15. The molecule has 1 saturated heterocycles. The van der Waals surface area contributed by atoms with Gasteiger partial charge in [0.2, 0.25) is 4.96 Å². The first kappa shape index (κ1) is 9.96. The third-order valence-electron chi connectivity index (χ3n) is 3.86. The zero-order valence-electron chi connectivity index (χ0n) is 9.59. The molecule has 5 nitrogen and oxygen atoms in total. The van der Waals surface area contributed by atoms with E-state index in [1.54, 1.807) is 11.3 Å². The zero-order valence-corrected chi connectivity index (χ0v) is 10.4. The van der Waals surface area contributed by atoms with Gasteiger partial charge in [0.25, 0.3) is 0 Å². The van der Waals surface area contributed by atoms with Gasteiger partial charge in [-0.2, -0.15) is 9.61 Å². The third kappa shape index (κ3) is 1.51. The molecular formula is C11H15N5S. The minimum atomic E-state index is 0.441. The normalized spacial score (nSPS) is 25.5. The van der Waals surface area contributed by atoms with Crippen molar-refractivity contribution in [1.29, 1.82) is 0 Å². The van der Waals surface area contributed by atoms with Crippen LogP contribution in [-0.4, -0.2) is 26.4 Å². The second kappa shape index (κ2) is 3.74. The number of nitrogens with zero attached hydrogens (tertiary/aromatic N) is 4. The summed E-state index contributed by atoms with van der Waals surface area (Å²) in [7, 11) is 0. The lowest BCUT2D eigenvalue weighted by molar-refractivity contribution is 0.394. The van der Waals surface area contributed by atoms with Gasteiger partial charge in [0, 0.05) is 5.92 Å². The lowest BCUT2D eigenvalue weighted by Gasteiger charge is -2.22. The fourth-order valence-electron chi connectivity index (χ4n) is 2.60. The molecule has 1 saturated carbocycles. The van der Waals surface area contributed by atoms with Crippen LogP contribution in [0.3, 0.4) is 0 Å². The van der Waals surface area contributed by atoms with Gasteiger partial charge >= 0.3 is 0 Å². The first-order valence-corrected chi connectivity index (χ1v) is 7.19. The SMILES string of the molecule is C1CC(c2nnc3sc(C4CCCN4)nn23)C1. The highest BCUT2D eigenvalue weighted by Gasteiger charge is 2.27. The Morgan fingerprint density at radius 2 is 2.12 bits per heavy atom. The average molecular weight is 249 g/mol. The molecule has 2 fully saturated rings. The fourth-order valence-corrected chi connectivity index (χ4v) is 3.56. The Labute approximate surface area is 103 Å². The van der Waals surface area contributed by atoms with Gasteiger partial charge in [-0.15, -0.1) is 10.2 Å². The summed E-state index contributed by atoms with van der Waals surface area (Å²) in [6.07, 6.45) is 6.26. The van der Waals surface area contributed by atoms with Crippen molar-refractivity contribution in [2.45, 2.75) is 44.1 Å². The monoisotopic (exact) mass is 249 g/mol. The molecule has 1 aliphatic heterocycles. The Hall–Kier alpha value is -1.01. The largest absolute Gasteiger partial charge is 0.308 e. The first-order chi connectivity index (χ1) is 8.42. The summed E-state index contributed by atoms with van der Waals surface area (Å²) in [4.78, 5) is 0.954. The molecule has 0 bridgehead atoms. The number of hydrogen-bond acceptors (Lipinski definition) is 5. The van der Waals surface area contributed by atoms with Gasteiger partial charge in [-0.25, -0.2) is 0 Å². The Bertz CT molecular complexity index is 535. The quantitative estimate of drug-likeness (QED) is 0.883. The van der Waals surface area contributed by atoms with Crippen molar-refractivity contribution in [2.75, 3.05) is 6.54 Å². The van der Waals surface area contributed by atoms with Crippen LogP contribution in [0.1, 0.15) is 54.9 Å². The van der Waals surface area contributed by atoms with Crippen LogP contribution in [0, 0.1) is 0 Å². The molecule has 0 radical (unpaired) electrons. The topological polar surface area (TPSA) is 55.1 Å². The summed E-state index contributed by atoms with van der Waals surface area (Å²) in [6, 6.07) is 0.441. The molecule has 17 heavy (non-hydrogen) atoms. The van der Waals surface area contributed by atoms with E-state index in [9.17, 15) is 0 Å². The summed E-state index contributed by atoms with van der Waals surface area (Å²) in [5, 5.41) is 17.9. The third-order valence-corrected chi connectivity index (χ3v) is 4.87. The summed E-state index contributed by atoms with van der Waals surface area (Å²) < 4.78 is 1.98. The van der Waals surface area contributed by atoms with Crippen molar-refractivity contribution >= 4 is 16.3 Å². The second-order valence-electron chi connectivity index (χ2n) is 4.97. The van der Waals surface area contributed by atoms with E-state index in [1.807, 2.05) is 4.52 Å². The molecule has 3 heterocycles. The molecule has 1 atom stereocenters. The number of fused-ring (bicyclic) bond motifs is 1. The minimum absolute atomic E-state index is 0.441. The molecule has 1 N–H and O–H groups in total. The van der Waals surface area contributed by atoms with E-state index in [2.05, 4.69) is 15.5 Å². The molecule has 0 amide bonds. The maximum absolute atomic E-state index is 4.71. The van der Waals surface area contributed by atoms with Gasteiger partial charge in [-0.3, -0.25) is 0 Å². The van der Waals surface area contributed by atoms with Crippen LogP contribution in [0.2, 0.25) is 0 Å². The van der Waals surface area contributed by atoms with E-state index < -0.39 is 0 Å². The van der Waals surface area contributed by atoms with Gasteiger partial charge in [0.15, 0.2) is 5.82 Å². The zero-order chi connectivity index (χ0) is 11.2. The van der Waals surface area contributed by atoms with Crippen molar-refractivity contribution in [3.8, 4) is 0 Å². The molecule has 2 aromatic heterocycles. The van der Waals surface area contributed by atoms with Crippen LogP contribution in [0.25, 0.3) is 4.96 Å². The highest BCUT2D eigenvalue weighted by atomic mass is 32.1. The van der Waals surface area contributed by atoms with Crippen LogP contribution >= 0.6 is 11.3 Å². The predicted octanol–water partition coefficient (Wildman–Crippen LogP) is 1.88. The van der Waals surface area contributed by atoms with Crippen molar-refractivity contribution in [3.63, 3.8) is 0 Å². The molecule has 90 valence electrons. The predicted molar refractivity (Wildman–Crippen MR) is 65.2 cm³/mol. The standard InChI is InChI=1S/C11H15N5S/c1-3-7(4-1)9-13-14-11-16(9)15-10(17-11)8-5-2-6-12-8/h7-8,12H,1-6H2. The minimum Gasteiger partial charge on any atom is -0.308 e. The van der Waals surface area contributed by atoms with Gasteiger partial charge in [0.05, 0.1) is 6.04 Å². The van der Waals surface area contributed by atoms with Crippen LogP contribution in [-0.2, 0) is 0 Å². The first-order valence-electron chi connectivity index (χ1n) is 6.37. The second-order valence-corrected chi connectivity index (χ2v) is 5.96. The van der Waals surface area contributed by atoms with Crippen LogP contribution in [0.15, 0.2) is 0 Å². The maximum atomic E-state index is 4.71. The fraction of sp³-hybridized carbons (Fsp3) is 0.727. The number of nitrogens with one attached hydrogen (secondary N) is 1. The number of rotatable bonds is 2. The van der Waals surface area contributed by atoms with Crippen molar-refractivity contribution in [2.24, 2.45) is 0 Å². The van der Waals surface area contributed by atoms with Crippen LogP contribution < -0.4 is 5.32 Å². The molecule has 0 aromatic carbocycles. The Morgan fingerprint density at radius 3 is 2.82 bits per heavy atom. The molecule has 4 rings (SSSR count). The lowest BCUT2D eigenvalue weighted by atomic mass is 9.85. The highest BCUT2D eigenvalue weighted by molar-refractivity contribution is 7.16. The van der Waals surface area contributed by atoms with E-state index in [0.29, 0.717) is 12.0 Å². The van der Waals surface area contributed by atoms with Gasteiger partial charge in [-0.05, 0) is 32.2 Å². The van der Waals surface area contributed by atoms with E-state index >= 15 is 0 Å². The summed E-state index contributed by atoms with van der Waals surface area (Å²) in [6.45, 7) is 1.11. The summed E-state index contributed by atoms with van der Waals surface area (Å²) in [5.74, 6) is 1.67. The molecule has 1 unspecified atom stereocenters. The molecule has 0 spiro atoms.